The minimum Gasteiger partial charge on any atom is -0.481 e. The number of benzene rings is 1. The number of hydrogen-bond donors (Lipinski definition) is 0. The van der Waals surface area contributed by atoms with Gasteiger partial charge >= 0.3 is 0 Å². The van der Waals surface area contributed by atoms with E-state index in [4.69, 9.17) is 16.3 Å². The number of rotatable bonds is 4. The molecule has 1 fully saturated rings. The Morgan fingerprint density at radius 1 is 1.15 bits per heavy atom. The molecule has 0 bridgehead atoms. The first-order valence-corrected chi connectivity index (χ1v) is 10.0. The van der Waals surface area contributed by atoms with Crippen molar-refractivity contribution in [2.24, 2.45) is 0 Å². The number of nitrogens with zero attached hydrogens (tertiary/aromatic N) is 2. The topological polar surface area (TPSA) is 42.4 Å². The van der Waals surface area contributed by atoms with Crippen LogP contribution in [0.4, 0.5) is 0 Å². The summed E-state index contributed by atoms with van der Waals surface area (Å²) in [6.45, 7) is 5.86. The van der Waals surface area contributed by atoms with E-state index in [1.165, 1.54) is 25.5 Å². The molecule has 2 aromatic rings. The molecule has 1 aliphatic heterocycles. The monoisotopic (exact) mass is 388 g/mol. The van der Waals surface area contributed by atoms with E-state index in [-0.39, 0.29) is 11.1 Å². The van der Waals surface area contributed by atoms with Crippen LogP contribution in [0.3, 0.4) is 0 Å². The van der Waals surface area contributed by atoms with Crippen LogP contribution in [0.1, 0.15) is 61.4 Å². The molecule has 1 aromatic heterocycles. The van der Waals surface area contributed by atoms with Gasteiger partial charge in [-0.25, -0.2) is 4.98 Å². The number of carbonyl (C=O) groups is 1. The van der Waals surface area contributed by atoms with Gasteiger partial charge in [-0.1, -0.05) is 68.6 Å². The first-order chi connectivity index (χ1) is 13.1. The van der Waals surface area contributed by atoms with E-state index in [1.807, 2.05) is 11.0 Å². The number of hydrogen-bond acceptors (Lipinski definition) is 3. The predicted molar refractivity (Wildman–Crippen MR) is 111 cm³/mol. The van der Waals surface area contributed by atoms with E-state index in [0.717, 1.165) is 25.9 Å². The van der Waals surface area contributed by atoms with E-state index in [9.17, 15) is 4.79 Å². The number of likely N-dealkylation sites (tertiary alicyclic amines) is 1. The van der Waals surface area contributed by atoms with E-state index in [0.29, 0.717) is 17.4 Å². The van der Waals surface area contributed by atoms with E-state index in [1.54, 1.807) is 12.1 Å². The van der Waals surface area contributed by atoms with Crippen molar-refractivity contribution in [2.75, 3.05) is 20.2 Å². The fourth-order valence-electron chi connectivity index (χ4n) is 3.02. The molecule has 0 saturated carbocycles. The van der Waals surface area contributed by atoms with Gasteiger partial charge in [0.1, 0.15) is 5.15 Å². The van der Waals surface area contributed by atoms with E-state index < -0.39 is 0 Å². The summed E-state index contributed by atoms with van der Waals surface area (Å²) in [6.07, 6.45) is 4.59. The van der Waals surface area contributed by atoms with Gasteiger partial charge in [0.2, 0.25) is 5.88 Å². The number of methoxy groups -OCH3 is 1. The molecule has 0 aliphatic carbocycles. The molecule has 4 nitrogen and oxygen atoms in total. The summed E-state index contributed by atoms with van der Waals surface area (Å²) >= 11 is 5.95. The molecular weight excluding hydrogens is 360 g/mol. The fraction of sp³-hybridized carbons (Fsp3) is 0.455. The third-order valence-corrected chi connectivity index (χ3v) is 4.97. The van der Waals surface area contributed by atoms with Gasteiger partial charge in [-0.15, -0.1) is 0 Å². The maximum absolute atomic E-state index is 12.6. The summed E-state index contributed by atoms with van der Waals surface area (Å²) in [4.78, 5) is 18.5. The first-order valence-electron chi connectivity index (χ1n) is 9.64. The second-order valence-electron chi connectivity index (χ2n) is 6.70. The Kier molecular flexibility index (Phi) is 8.59. The Bertz CT molecular complexity index is 712. The third-order valence-electron chi connectivity index (χ3n) is 4.78. The Hall–Kier alpha value is -2.07. The lowest BCUT2D eigenvalue weighted by atomic mass is 9.89. The average Bonchev–Trinajstić information content (AvgIpc) is 2.73. The van der Waals surface area contributed by atoms with Crippen LogP contribution in [0.15, 0.2) is 42.5 Å². The Morgan fingerprint density at radius 2 is 1.78 bits per heavy atom. The van der Waals surface area contributed by atoms with Crippen LogP contribution in [-0.4, -0.2) is 36.0 Å². The Balaban J connectivity index is 0.000000596. The molecule has 3 rings (SSSR count). The second kappa shape index (κ2) is 10.9. The molecule has 27 heavy (non-hydrogen) atoms. The lowest BCUT2D eigenvalue weighted by Gasteiger charge is -2.32. The number of piperidine rings is 1. The molecule has 1 saturated heterocycles. The molecule has 5 heteroatoms. The maximum atomic E-state index is 12.6. The standard InChI is InChI=1S/C18H19ClN2O2.C4H10/c1-23-17-12-15(11-16(19)20-17)18(22)21-9-7-14(8-10-21)13-5-3-2-4-6-13;1-3-4-2/h2-6,11-12,14H,7-10H2,1H3;3-4H2,1-2H3. The SMILES string of the molecule is CCCC.COc1cc(C(=O)N2CCC(c3ccccc3)CC2)cc(Cl)n1. The van der Waals surface area contributed by atoms with Gasteiger partial charge in [0, 0.05) is 24.7 Å². The van der Waals surface area contributed by atoms with Gasteiger partial charge in [-0.2, -0.15) is 0 Å². The van der Waals surface area contributed by atoms with Crippen molar-refractivity contribution < 1.29 is 9.53 Å². The lowest BCUT2D eigenvalue weighted by Crippen LogP contribution is -2.37. The van der Waals surface area contributed by atoms with E-state index in [2.05, 4.69) is 43.1 Å². The van der Waals surface area contributed by atoms with Crippen molar-refractivity contribution in [2.45, 2.75) is 45.4 Å². The first kappa shape index (κ1) is 21.2. The molecule has 0 spiro atoms. The zero-order chi connectivity index (χ0) is 19.6. The molecule has 0 atom stereocenters. The maximum Gasteiger partial charge on any atom is 0.254 e. The van der Waals surface area contributed by atoms with Crippen LogP contribution < -0.4 is 4.74 Å². The van der Waals surface area contributed by atoms with Crippen LogP contribution in [0, 0.1) is 0 Å². The molecule has 1 amide bonds. The van der Waals surface area contributed by atoms with Gasteiger partial charge in [-0.3, -0.25) is 4.79 Å². The number of halogens is 1. The summed E-state index contributed by atoms with van der Waals surface area (Å²) < 4.78 is 5.08. The van der Waals surface area contributed by atoms with Crippen molar-refractivity contribution >= 4 is 17.5 Å². The minimum atomic E-state index is -0.0147. The van der Waals surface area contributed by atoms with Crippen LogP contribution in [0.2, 0.25) is 5.15 Å². The van der Waals surface area contributed by atoms with Crippen LogP contribution in [0.5, 0.6) is 5.88 Å². The number of pyridine rings is 1. The van der Waals surface area contributed by atoms with Crippen LogP contribution >= 0.6 is 11.6 Å². The predicted octanol–water partition coefficient (Wildman–Crippen LogP) is 5.57. The Labute approximate surface area is 167 Å². The van der Waals surface area contributed by atoms with Crippen molar-refractivity contribution in [3.05, 3.63) is 58.7 Å². The van der Waals surface area contributed by atoms with Crippen molar-refractivity contribution in [3.8, 4) is 5.88 Å². The van der Waals surface area contributed by atoms with Crippen molar-refractivity contribution in [3.63, 3.8) is 0 Å². The molecule has 0 N–H and O–H groups in total. The largest absolute Gasteiger partial charge is 0.481 e. The highest BCUT2D eigenvalue weighted by atomic mass is 35.5. The number of aromatic nitrogens is 1. The molecule has 1 aromatic carbocycles. The molecular formula is C22H29ClN2O2. The summed E-state index contributed by atoms with van der Waals surface area (Å²) in [5.41, 5.74) is 1.88. The highest BCUT2D eigenvalue weighted by Crippen LogP contribution is 2.29. The number of unbranched alkanes of at least 4 members (excludes halogenated alkanes) is 1. The van der Waals surface area contributed by atoms with Crippen LogP contribution in [-0.2, 0) is 0 Å². The molecule has 0 unspecified atom stereocenters. The fourth-order valence-corrected chi connectivity index (χ4v) is 3.23. The second-order valence-corrected chi connectivity index (χ2v) is 7.09. The Morgan fingerprint density at radius 3 is 2.33 bits per heavy atom. The third kappa shape index (κ3) is 6.24. The molecule has 146 valence electrons. The van der Waals surface area contributed by atoms with Gasteiger partial charge < -0.3 is 9.64 Å². The quantitative estimate of drug-likeness (QED) is 0.643. The van der Waals surface area contributed by atoms with Gasteiger partial charge in [0.25, 0.3) is 5.91 Å². The number of amides is 1. The average molecular weight is 389 g/mol. The number of carbonyl (C=O) groups excluding carboxylic acids is 1. The van der Waals surface area contributed by atoms with Gasteiger partial charge in [0.05, 0.1) is 7.11 Å². The number of ether oxygens (including phenoxy) is 1. The van der Waals surface area contributed by atoms with Gasteiger partial charge in [0.15, 0.2) is 0 Å². The lowest BCUT2D eigenvalue weighted by molar-refractivity contribution is 0.0712. The zero-order valence-corrected chi connectivity index (χ0v) is 17.2. The molecule has 0 radical (unpaired) electrons. The van der Waals surface area contributed by atoms with E-state index >= 15 is 0 Å². The zero-order valence-electron chi connectivity index (χ0n) is 16.5. The highest BCUT2D eigenvalue weighted by Gasteiger charge is 2.25. The highest BCUT2D eigenvalue weighted by molar-refractivity contribution is 6.29. The minimum absolute atomic E-state index is 0.0147. The van der Waals surface area contributed by atoms with Crippen LogP contribution in [0.25, 0.3) is 0 Å². The smallest absolute Gasteiger partial charge is 0.254 e. The summed E-state index contributed by atoms with van der Waals surface area (Å²) in [5.74, 6) is 0.870. The van der Waals surface area contributed by atoms with Crippen molar-refractivity contribution in [1.29, 1.82) is 0 Å². The summed E-state index contributed by atoms with van der Waals surface area (Å²) in [5, 5.41) is 0.270. The summed E-state index contributed by atoms with van der Waals surface area (Å²) in [7, 11) is 1.51. The molecule has 2 heterocycles. The summed E-state index contributed by atoms with van der Waals surface area (Å²) in [6, 6.07) is 13.7. The molecule has 1 aliphatic rings. The normalized spacial score (nSPS) is 14.3. The van der Waals surface area contributed by atoms with Crippen molar-refractivity contribution in [1.82, 2.24) is 9.88 Å². The van der Waals surface area contributed by atoms with Gasteiger partial charge in [-0.05, 0) is 30.4 Å².